The lowest BCUT2D eigenvalue weighted by atomic mass is 9.83. The summed E-state index contributed by atoms with van der Waals surface area (Å²) in [5, 5.41) is 3.50. The zero-order valence-corrected chi connectivity index (χ0v) is 8.09. The smallest absolute Gasteiger partial charge is 0.123 e. The van der Waals surface area contributed by atoms with E-state index in [1.54, 1.807) is 12.1 Å². The molecule has 2 heteroatoms. The second-order valence-corrected chi connectivity index (χ2v) is 4.37. The van der Waals surface area contributed by atoms with Crippen LogP contribution in [-0.4, -0.2) is 6.04 Å². The molecular weight excluding hydrogens is 177 g/mol. The van der Waals surface area contributed by atoms with E-state index in [9.17, 15) is 4.39 Å². The molecule has 1 aromatic carbocycles. The van der Waals surface area contributed by atoms with Crippen LogP contribution in [0.2, 0.25) is 0 Å². The van der Waals surface area contributed by atoms with Gasteiger partial charge in [0.1, 0.15) is 5.82 Å². The number of halogens is 1. The molecule has 0 saturated heterocycles. The molecule has 0 unspecified atom stereocenters. The molecule has 14 heavy (non-hydrogen) atoms. The van der Waals surface area contributed by atoms with E-state index in [2.05, 4.69) is 5.32 Å². The van der Waals surface area contributed by atoms with Crippen molar-refractivity contribution in [2.45, 2.75) is 37.6 Å². The number of nitrogens with one attached hydrogen (secondary N) is 1. The molecule has 0 amide bonds. The summed E-state index contributed by atoms with van der Waals surface area (Å²) >= 11 is 0. The van der Waals surface area contributed by atoms with Crippen LogP contribution in [0.25, 0.3) is 0 Å². The highest BCUT2D eigenvalue weighted by Gasteiger charge is 2.33. The topological polar surface area (TPSA) is 12.0 Å². The van der Waals surface area contributed by atoms with Gasteiger partial charge in [-0.1, -0.05) is 12.8 Å². The van der Waals surface area contributed by atoms with Gasteiger partial charge in [-0.2, -0.15) is 0 Å². The zero-order chi connectivity index (χ0) is 9.54. The first-order valence-corrected chi connectivity index (χ1v) is 5.40. The Morgan fingerprint density at radius 1 is 1.21 bits per heavy atom. The largest absolute Gasteiger partial charge is 0.381 e. The SMILES string of the molecule is Fc1ccc2c(c1)[C@@H]1CCCC[C@@H]1N2. The Bertz CT molecular complexity index is 361. The van der Waals surface area contributed by atoms with Crippen LogP contribution in [0.4, 0.5) is 10.1 Å². The van der Waals surface area contributed by atoms with Gasteiger partial charge in [-0.25, -0.2) is 4.39 Å². The summed E-state index contributed by atoms with van der Waals surface area (Å²) in [6.45, 7) is 0. The molecule has 1 aromatic rings. The quantitative estimate of drug-likeness (QED) is 0.663. The highest BCUT2D eigenvalue weighted by Crippen LogP contribution is 2.43. The molecule has 1 aliphatic heterocycles. The second-order valence-electron chi connectivity index (χ2n) is 4.37. The monoisotopic (exact) mass is 191 g/mol. The third kappa shape index (κ3) is 1.13. The molecule has 0 bridgehead atoms. The Morgan fingerprint density at radius 2 is 2.07 bits per heavy atom. The maximum atomic E-state index is 13.1. The van der Waals surface area contributed by atoms with Crippen molar-refractivity contribution < 1.29 is 4.39 Å². The zero-order valence-electron chi connectivity index (χ0n) is 8.09. The van der Waals surface area contributed by atoms with Gasteiger partial charge in [0.2, 0.25) is 0 Å². The summed E-state index contributed by atoms with van der Waals surface area (Å²) < 4.78 is 13.1. The first-order chi connectivity index (χ1) is 6.84. The third-order valence-electron chi connectivity index (χ3n) is 3.52. The van der Waals surface area contributed by atoms with E-state index in [1.165, 1.54) is 31.2 Å². The Hall–Kier alpha value is -1.05. The summed E-state index contributed by atoms with van der Waals surface area (Å²) in [6.07, 6.45) is 5.05. The van der Waals surface area contributed by atoms with Gasteiger partial charge < -0.3 is 5.32 Å². The van der Waals surface area contributed by atoms with Gasteiger partial charge in [0.05, 0.1) is 0 Å². The maximum Gasteiger partial charge on any atom is 0.123 e. The molecule has 0 spiro atoms. The fourth-order valence-electron chi connectivity index (χ4n) is 2.85. The van der Waals surface area contributed by atoms with E-state index >= 15 is 0 Å². The predicted molar refractivity (Wildman–Crippen MR) is 55.0 cm³/mol. The summed E-state index contributed by atoms with van der Waals surface area (Å²) in [4.78, 5) is 0. The summed E-state index contributed by atoms with van der Waals surface area (Å²) in [5.41, 5.74) is 2.36. The highest BCUT2D eigenvalue weighted by molar-refractivity contribution is 5.59. The van der Waals surface area contributed by atoms with Crippen LogP contribution in [0.15, 0.2) is 18.2 Å². The van der Waals surface area contributed by atoms with E-state index < -0.39 is 0 Å². The molecule has 1 heterocycles. The predicted octanol–water partition coefficient (Wildman–Crippen LogP) is 3.28. The lowest BCUT2D eigenvalue weighted by Crippen LogP contribution is -2.23. The van der Waals surface area contributed by atoms with Crippen LogP contribution in [0.1, 0.15) is 37.2 Å². The minimum Gasteiger partial charge on any atom is -0.381 e. The van der Waals surface area contributed by atoms with Crippen molar-refractivity contribution in [1.82, 2.24) is 0 Å². The fraction of sp³-hybridized carbons (Fsp3) is 0.500. The maximum absolute atomic E-state index is 13.1. The molecule has 0 aromatic heterocycles. The van der Waals surface area contributed by atoms with Crippen LogP contribution >= 0.6 is 0 Å². The normalized spacial score (nSPS) is 29.2. The number of fused-ring (bicyclic) bond motifs is 3. The average molecular weight is 191 g/mol. The number of hydrogen-bond donors (Lipinski definition) is 1. The molecule has 1 nitrogen and oxygen atoms in total. The molecule has 1 N–H and O–H groups in total. The van der Waals surface area contributed by atoms with Crippen molar-refractivity contribution in [3.05, 3.63) is 29.6 Å². The molecule has 1 saturated carbocycles. The van der Waals surface area contributed by atoms with Crippen molar-refractivity contribution in [2.24, 2.45) is 0 Å². The summed E-state index contributed by atoms with van der Waals surface area (Å²) in [5.74, 6) is 0.464. The van der Waals surface area contributed by atoms with Crippen LogP contribution in [0.5, 0.6) is 0 Å². The van der Waals surface area contributed by atoms with Crippen molar-refractivity contribution in [2.75, 3.05) is 5.32 Å². The molecule has 1 fully saturated rings. The van der Waals surface area contributed by atoms with Crippen molar-refractivity contribution in [1.29, 1.82) is 0 Å². The summed E-state index contributed by atoms with van der Waals surface area (Å²) in [7, 11) is 0. The molecule has 3 rings (SSSR count). The van der Waals surface area contributed by atoms with Gasteiger partial charge >= 0.3 is 0 Å². The van der Waals surface area contributed by atoms with Crippen LogP contribution in [0, 0.1) is 5.82 Å². The molecule has 1 aliphatic carbocycles. The van der Waals surface area contributed by atoms with E-state index in [0.717, 1.165) is 5.69 Å². The van der Waals surface area contributed by atoms with Crippen molar-refractivity contribution >= 4 is 5.69 Å². The minimum absolute atomic E-state index is 0.100. The number of benzene rings is 1. The third-order valence-corrected chi connectivity index (χ3v) is 3.52. The standard InChI is InChI=1S/C12H14FN/c13-8-5-6-12-10(7-8)9-3-1-2-4-11(9)14-12/h5-7,9,11,14H,1-4H2/t9-,11-/m0/s1. The molecule has 0 radical (unpaired) electrons. The lowest BCUT2D eigenvalue weighted by Gasteiger charge is -2.25. The Morgan fingerprint density at radius 3 is 3.00 bits per heavy atom. The molecular formula is C12H14FN. The lowest BCUT2D eigenvalue weighted by molar-refractivity contribution is 0.421. The minimum atomic E-state index is -0.100. The Balaban J connectivity index is 2.02. The first-order valence-electron chi connectivity index (χ1n) is 5.40. The molecule has 2 atom stereocenters. The van der Waals surface area contributed by atoms with E-state index in [1.807, 2.05) is 6.07 Å². The first kappa shape index (κ1) is 8.27. The average Bonchev–Trinajstić information content (AvgIpc) is 2.56. The highest BCUT2D eigenvalue weighted by atomic mass is 19.1. The second kappa shape index (κ2) is 2.97. The van der Waals surface area contributed by atoms with Gasteiger partial charge in [-0.3, -0.25) is 0 Å². The van der Waals surface area contributed by atoms with Gasteiger partial charge in [-0.15, -0.1) is 0 Å². The van der Waals surface area contributed by atoms with Crippen molar-refractivity contribution in [3.8, 4) is 0 Å². The van der Waals surface area contributed by atoms with E-state index in [4.69, 9.17) is 0 Å². The fourth-order valence-corrected chi connectivity index (χ4v) is 2.85. The number of hydrogen-bond acceptors (Lipinski definition) is 1. The molecule has 74 valence electrons. The Kier molecular flexibility index (Phi) is 1.76. The van der Waals surface area contributed by atoms with E-state index in [-0.39, 0.29) is 5.82 Å². The van der Waals surface area contributed by atoms with Crippen LogP contribution in [0.3, 0.4) is 0 Å². The van der Waals surface area contributed by atoms with Crippen LogP contribution in [-0.2, 0) is 0 Å². The van der Waals surface area contributed by atoms with E-state index in [0.29, 0.717) is 12.0 Å². The van der Waals surface area contributed by atoms with Gasteiger partial charge in [0, 0.05) is 17.6 Å². The van der Waals surface area contributed by atoms with Gasteiger partial charge in [0.25, 0.3) is 0 Å². The Labute approximate surface area is 83.3 Å². The van der Waals surface area contributed by atoms with Gasteiger partial charge in [-0.05, 0) is 36.6 Å². The van der Waals surface area contributed by atoms with Crippen LogP contribution < -0.4 is 5.32 Å². The van der Waals surface area contributed by atoms with Gasteiger partial charge in [0.15, 0.2) is 0 Å². The number of rotatable bonds is 0. The number of anilines is 1. The molecule has 2 aliphatic rings. The van der Waals surface area contributed by atoms with Crippen molar-refractivity contribution in [3.63, 3.8) is 0 Å². The summed E-state index contributed by atoms with van der Waals surface area (Å²) in [6, 6.07) is 5.70.